The summed E-state index contributed by atoms with van der Waals surface area (Å²) in [7, 11) is 0. The van der Waals surface area contributed by atoms with Gasteiger partial charge in [-0.15, -0.1) is 0 Å². The topological polar surface area (TPSA) is 0 Å². The molecule has 0 aromatic heterocycles. The van der Waals surface area contributed by atoms with Gasteiger partial charge in [0, 0.05) is 0 Å². The summed E-state index contributed by atoms with van der Waals surface area (Å²) >= 11 is -1.26. The predicted molar refractivity (Wildman–Crippen MR) is 84.6 cm³/mol. The first kappa shape index (κ1) is 17.6. The summed E-state index contributed by atoms with van der Waals surface area (Å²) in [5.74, 6) is 0. The van der Waals surface area contributed by atoms with Gasteiger partial charge in [-0.2, -0.15) is 0 Å². The number of unbranched alkanes of at least 4 members (excludes halogenated alkanes) is 4. The Kier molecular flexibility index (Phi) is 12.0. The van der Waals surface area contributed by atoms with Gasteiger partial charge in [0.1, 0.15) is 0 Å². The first-order chi connectivity index (χ1) is 8.24. The van der Waals surface area contributed by atoms with Gasteiger partial charge in [0.25, 0.3) is 0 Å². The van der Waals surface area contributed by atoms with Crippen LogP contribution < -0.4 is 0 Å². The average molecular weight is 303 g/mol. The molecular weight excluding hydrogens is 267 g/mol. The molecular formula is C16H36As. The number of hydrogen-bond donors (Lipinski definition) is 0. The summed E-state index contributed by atoms with van der Waals surface area (Å²) in [5, 5.41) is 6.65. The summed E-state index contributed by atoms with van der Waals surface area (Å²) in [4.78, 5) is 0. The molecule has 0 aliphatic carbocycles. The molecule has 0 nitrogen and oxygen atoms in total. The van der Waals surface area contributed by atoms with Crippen molar-refractivity contribution in [1.29, 1.82) is 0 Å². The molecule has 0 atom stereocenters. The Morgan fingerprint density at radius 3 is 0.882 bits per heavy atom. The monoisotopic (exact) mass is 303 g/mol. The first-order valence-corrected chi connectivity index (χ1v) is 13.4. The molecule has 105 valence electrons. The average Bonchev–Trinajstić information content (AvgIpc) is 2.37. The van der Waals surface area contributed by atoms with Crippen LogP contribution >= 0.6 is 0 Å². The molecule has 0 bridgehead atoms. The summed E-state index contributed by atoms with van der Waals surface area (Å²) in [6.07, 6.45) is 11.7. The molecule has 0 spiro atoms. The molecule has 0 aliphatic heterocycles. The fourth-order valence-corrected chi connectivity index (χ4v) is 13.7. The van der Waals surface area contributed by atoms with Gasteiger partial charge in [0.05, 0.1) is 0 Å². The Balaban J connectivity index is 4.39. The van der Waals surface area contributed by atoms with Crippen LogP contribution in [-0.4, -0.2) is 13.6 Å². The van der Waals surface area contributed by atoms with Gasteiger partial charge in [-0.1, -0.05) is 0 Å². The van der Waals surface area contributed by atoms with Crippen LogP contribution in [-0.2, 0) is 0 Å². The van der Waals surface area contributed by atoms with Crippen LogP contribution in [0, 0.1) is 0 Å². The molecule has 0 heterocycles. The molecule has 0 saturated heterocycles. The summed E-state index contributed by atoms with van der Waals surface area (Å²) in [6.45, 7) is 9.46. The maximum absolute atomic E-state index is 2.37. The van der Waals surface area contributed by atoms with Gasteiger partial charge in [-0.05, 0) is 0 Å². The Bertz CT molecular complexity index is 116. The van der Waals surface area contributed by atoms with E-state index in [2.05, 4.69) is 27.7 Å². The SMILES string of the molecule is CCCC[As](CCCC)(CCCC)CCCC. The fraction of sp³-hybridized carbons (Fsp3) is 1.00. The third kappa shape index (κ3) is 8.30. The molecule has 0 aromatic carbocycles. The zero-order valence-corrected chi connectivity index (χ0v) is 14.8. The minimum atomic E-state index is -1.26. The van der Waals surface area contributed by atoms with Crippen molar-refractivity contribution < 1.29 is 0 Å². The summed E-state index contributed by atoms with van der Waals surface area (Å²) in [5.41, 5.74) is 0. The Hall–Kier alpha value is 0.558. The van der Waals surface area contributed by atoms with Crippen LogP contribution in [0.15, 0.2) is 0 Å². The van der Waals surface area contributed by atoms with Crippen LogP contribution in [0.2, 0.25) is 20.8 Å². The van der Waals surface area contributed by atoms with Gasteiger partial charge in [-0.3, -0.25) is 0 Å². The molecule has 1 radical (unpaired) electrons. The third-order valence-corrected chi connectivity index (χ3v) is 14.6. The predicted octanol–water partition coefficient (Wildman–Crippen LogP) is 6.64. The van der Waals surface area contributed by atoms with E-state index in [4.69, 9.17) is 0 Å². The zero-order valence-electron chi connectivity index (χ0n) is 12.9. The summed E-state index contributed by atoms with van der Waals surface area (Å²) in [6, 6.07) is 0. The van der Waals surface area contributed by atoms with Crippen molar-refractivity contribution in [2.45, 2.75) is 99.9 Å². The second kappa shape index (κ2) is 11.6. The summed E-state index contributed by atoms with van der Waals surface area (Å²) < 4.78 is 0. The fourth-order valence-electron chi connectivity index (χ4n) is 2.64. The van der Waals surface area contributed by atoms with E-state index in [1.165, 1.54) is 51.4 Å². The molecule has 0 unspecified atom stereocenters. The van der Waals surface area contributed by atoms with E-state index in [9.17, 15) is 0 Å². The Labute approximate surface area is 113 Å². The van der Waals surface area contributed by atoms with E-state index >= 15 is 0 Å². The van der Waals surface area contributed by atoms with Crippen molar-refractivity contribution in [2.75, 3.05) is 0 Å². The standard InChI is InChI=1S/C16H36As/c1-5-9-13-17(14-10-6-2,15-11-7-3)16-12-8-4/h5-16H2,1-4H3. The van der Waals surface area contributed by atoms with Crippen molar-refractivity contribution in [3.05, 3.63) is 0 Å². The number of hydrogen-bond acceptors (Lipinski definition) is 0. The van der Waals surface area contributed by atoms with E-state index < -0.39 is 13.6 Å². The van der Waals surface area contributed by atoms with Crippen molar-refractivity contribution in [2.24, 2.45) is 0 Å². The van der Waals surface area contributed by atoms with Gasteiger partial charge in [0.15, 0.2) is 0 Å². The van der Waals surface area contributed by atoms with E-state index in [1.807, 2.05) is 0 Å². The van der Waals surface area contributed by atoms with Crippen LogP contribution in [0.25, 0.3) is 0 Å². The second-order valence-electron chi connectivity index (χ2n) is 5.65. The van der Waals surface area contributed by atoms with Gasteiger partial charge in [0.2, 0.25) is 0 Å². The van der Waals surface area contributed by atoms with E-state index in [0.717, 1.165) is 0 Å². The zero-order chi connectivity index (χ0) is 13.0. The van der Waals surface area contributed by atoms with E-state index in [-0.39, 0.29) is 0 Å². The molecule has 0 amide bonds. The second-order valence-corrected chi connectivity index (χ2v) is 15.0. The molecule has 17 heavy (non-hydrogen) atoms. The quantitative estimate of drug-likeness (QED) is 0.355. The molecule has 1 heteroatoms. The van der Waals surface area contributed by atoms with Crippen LogP contribution in [0.4, 0.5) is 0 Å². The maximum atomic E-state index is 2.37. The Morgan fingerprint density at radius 2 is 0.706 bits per heavy atom. The third-order valence-electron chi connectivity index (χ3n) is 3.94. The van der Waals surface area contributed by atoms with Gasteiger partial charge >= 0.3 is 113 Å². The van der Waals surface area contributed by atoms with Crippen molar-refractivity contribution in [3.63, 3.8) is 0 Å². The molecule has 0 aromatic rings. The van der Waals surface area contributed by atoms with Gasteiger partial charge in [-0.25, -0.2) is 0 Å². The van der Waals surface area contributed by atoms with Crippen LogP contribution in [0.3, 0.4) is 0 Å². The van der Waals surface area contributed by atoms with E-state index in [1.54, 1.807) is 20.8 Å². The van der Waals surface area contributed by atoms with Crippen molar-refractivity contribution >= 4 is 13.6 Å². The number of rotatable bonds is 12. The normalized spacial score (nSPS) is 12.0. The minimum absolute atomic E-state index is 1.26. The Morgan fingerprint density at radius 1 is 0.471 bits per heavy atom. The van der Waals surface area contributed by atoms with Crippen molar-refractivity contribution in [3.8, 4) is 0 Å². The molecule has 0 N–H and O–H groups in total. The van der Waals surface area contributed by atoms with Crippen LogP contribution in [0.1, 0.15) is 79.1 Å². The molecule has 0 saturated carbocycles. The van der Waals surface area contributed by atoms with Crippen LogP contribution in [0.5, 0.6) is 0 Å². The van der Waals surface area contributed by atoms with Gasteiger partial charge < -0.3 is 0 Å². The molecule has 0 rings (SSSR count). The molecule has 0 aliphatic rings. The first-order valence-electron chi connectivity index (χ1n) is 8.09. The van der Waals surface area contributed by atoms with Crippen molar-refractivity contribution in [1.82, 2.24) is 0 Å². The molecule has 0 fully saturated rings. The van der Waals surface area contributed by atoms with E-state index in [0.29, 0.717) is 0 Å².